The minimum absolute atomic E-state index is 0. The van der Waals surface area contributed by atoms with E-state index in [4.69, 9.17) is 0 Å². The Kier molecular flexibility index (Phi) is 8.60. The van der Waals surface area contributed by atoms with Gasteiger partial charge in [0.05, 0.1) is 0 Å². The molecule has 3 rings (SSSR count). The van der Waals surface area contributed by atoms with Gasteiger partial charge in [-0.05, 0) is 43.4 Å². The summed E-state index contributed by atoms with van der Waals surface area (Å²) in [7, 11) is 1.82. The van der Waals surface area contributed by atoms with Crippen molar-refractivity contribution in [3.63, 3.8) is 0 Å². The maximum Gasteiger partial charge on any atom is 0.225 e. The third-order valence-electron chi connectivity index (χ3n) is 5.75. The Morgan fingerprint density at radius 2 is 2.00 bits per heavy atom. The quantitative estimate of drug-likeness (QED) is 0.325. The lowest BCUT2D eigenvalue weighted by molar-refractivity contribution is -0.135. The highest BCUT2D eigenvalue weighted by Crippen LogP contribution is 2.48. The molecule has 0 spiro atoms. The van der Waals surface area contributed by atoms with Crippen LogP contribution in [0.3, 0.4) is 0 Å². The zero-order valence-electron chi connectivity index (χ0n) is 17.0. The number of carbonyl (C=O) groups is 1. The van der Waals surface area contributed by atoms with Gasteiger partial charge in [-0.2, -0.15) is 0 Å². The Labute approximate surface area is 194 Å². The van der Waals surface area contributed by atoms with Crippen molar-refractivity contribution in [1.82, 2.24) is 15.5 Å². The molecular formula is C21H32BrIN4O. The second-order valence-corrected chi connectivity index (χ2v) is 9.03. The van der Waals surface area contributed by atoms with Gasteiger partial charge in [-0.25, -0.2) is 0 Å². The molecule has 156 valence electrons. The second-order valence-electron chi connectivity index (χ2n) is 8.12. The van der Waals surface area contributed by atoms with Gasteiger partial charge in [-0.3, -0.25) is 9.79 Å². The number of hydrogen-bond donors (Lipinski definition) is 2. The van der Waals surface area contributed by atoms with E-state index < -0.39 is 0 Å². The Bertz CT molecular complexity index is 697. The van der Waals surface area contributed by atoms with Crippen LogP contribution in [0.4, 0.5) is 0 Å². The number of nitrogens with zero attached hydrogens (tertiary/aromatic N) is 2. The summed E-state index contributed by atoms with van der Waals surface area (Å²) in [6.45, 7) is 6.49. The fraction of sp³-hybridized carbons (Fsp3) is 0.619. The van der Waals surface area contributed by atoms with Crippen LogP contribution >= 0.6 is 39.9 Å². The number of piperidine rings is 1. The molecule has 0 aromatic heterocycles. The van der Waals surface area contributed by atoms with Crippen molar-refractivity contribution < 1.29 is 4.79 Å². The zero-order valence-corrected chi connectivity index (χ0v) is 20.9. The van der Waals surface area contributed by atoms with Crippen molar-refractivity contribution in [3.8, 4) is 0 Å². The van der Waals surface area contributed by atoms with Crippen LogP contribution < -0.4 is 10.6 Å². The summed E-state index contributed by atoms with van der Waals surface area (Å²) in [4.78, 5) is 18.5. The normalized spacial score (nSPS) is 19.2. The average Bonchev–Trinajstić information content (AvgIpc) is 3.46. The molecule has 1 aliphatic heterocycles. The summed E-state index contributed by atoms with van der Waals surface area (Å²) < 4.78 is 1.14. The van der Waals surface area contributed by atoms with Crippen molar-refractivity contribution in [1.29, 1.82) is 0 Å². The molecule has 0 radical (unpaired) electrons. The number of benzene rings is 1. The van der Waals surface area contributed by atoms with E-state index in [1.54, 1.807) is 0 Å². The molecule has 0 unspecified atom stereocenters. The summed E-state index contributed by atoms with van der Waals surface area (Å²) >= 11 is 3.58. The molecule has 1 saturated carbocycles. The molecule has 1 aromatic rings. The van der Waals surface area contributed by atoms with E-state index in [-0.39, 0.29) is 41.2 Å². The van der Waals surface area contributed by atoms with Crippen molar-refractivity contribution in [2.45, 2.75) is 51.0 Å². The largest absolute Gasteiger partial charge is 0.356 e. The SMILES string of the molecule is CN=C(NCC1(c2cccc(Br)c2)CC1)NC1CCN(C(=O)C(C)C)CC1.I. The van der Waals surface area contributed by atoms with Crippen LogP contribution in [-0.2, 0) is 10.2 Å². The van der Waals surface area contributed by atoms with Gasteiger partial charge in [-0.15, -0.1) is 24.0 Å². The summed E-state index contributed by atoms with van der Waals surface area (Å²) in [5.74, 6) is 1.21. The number of halogens is 2. The maximum absolute atomic E-state index is 12.1. The number of carbonyl (C=O) groups excluding carboxylic acids is 1. The minimum atomic E-state index is 0. The van der Waals surface area contributed by atoms with Crippen LogP contribution in [0.15, 0.2) is 33.7 Å². The third-order valence-corrected chi connectivity index (χ3v) is 6.24. The highest BCUT2D eigenvalue weighted by molar-refractivity contribution is 14.0. The lowest BCUT2D eigenvalue weighted by Crippen LogP contribution is -2.51. The van der Waals surface area contributed by atoms with Gasteiger partial charge < -0.3 is 15.5 Å². The molecule has 2 N–H and O–H groups in total. The van der Waals surface area contributed by atoms with E-state index in [0.717, 1.165) is 42.9 Å². The standard InChI is InChI=1S/C21H31BrN4O.HI/c1-15(2)19(27)26-11-7-18(8-12-26)25-20(23-3)24-14-21(9-10-21)16-5-4-6-17(22)13-16;/h4-6,13,15,18H,7-12,14H2,1-3H3,(H2,23,24,25);1H. The predicted octanol–water partition coefficient (Wildman–Crippen LogP) is 3.91. The van der Waals surface area contributed by atoms with Crippen molar-refractivity contribution in [2.75, 3.05) is 26.7 Å². The lowest BCUT2D eigenvalue weighted by Gasteiger charge is -2.34. The van der Waals surface area contributed by atoms with E-state index in [1.165, 1.54) is 18.4 Å². The molecule has 2 aliphatic rings. The summed E-state index contributed by atoms with van der Waals surface area (Å²) in [6.07, 6.45) is 4.36. The summed E-state index contributed by atoms with van der Waals surface area (Å²) in [5, 5.41) is 7.08. The third kappa shape index (κ3) is 5.84. The monoisotopic (exact) mass is 562 g/mol. The number of amides is 1. The summed E-state index contributed by atoms with van der Waals surface area (Å²) in [6, 6.07) is 9.00. The predicted molar refractivity (Wildman–Crippen MR) is 129 cm³/mol. The Hall–Kier alpha value is -0.830. The minimum Gasteiger partial charge on any atom is -0.356 e. The molecular weight excluding hydrogens is 531 g/mol. The van der Waals surface area contributed by atoms with Gasteiger partial charge in [0.15, 0.2) is 5.96 Å². The molecule has 7 heteroatoms. The molecule has 1 aliphatic carbocycles. The van der Waals surface area contributed by atoms with Crippen LogP contribution in [0.2, 0.25) is 0 Å². The van der Waals surface area contributed by atoms with Crippen LogP contribution in [0.25, 0.3) is 0 Å². The first-order valence-electron chi connectivity index (χ1n) is 9.95. The van der Waals surface area contributed by atoms with Gasteiger partial charge in [0.25, 0.3) is 0 Å². The highest BCUT2D eigenvalue weighted by Gasteiger charge is 2.44. The fourth-order valence-electron chi connectivity index (χ4n) is 3.79. The Balaban J connectivity index is 0.00000280. The van der Waals surface area contributed by atoms with Gasteiger partial charge >= 0.3 is 0 Å². The molecule has 5 nitrogen and oxygen atoms in total. The zero-order chi connectivity index (χ0) is 19.4. The van der Waals surface area contributed by atoms with Crippen molar-refractivity contribution in [3.05, 3.63) is 34.3 Å². The van der Waals surface area contributed by atoms with E-state index in [2.05, 4.69) is 55.8 Å². The van der Waals surface area contributed by atoms with E-state index in [1.807, 2.05) is 25.8 Å². The van der Waals surface area contributed by atoms with Crippen molar-refractivity contribution >= 4 is 51.8 Å². The topological polar surface area (TPSA) is 56.7 Å². The highest BCUT2D eigenvalue weighted by atomic mass is 127. The number of rotatable bonds is 5. The molecule has 2 fully saturated rings. The lowest BCUT2D eigenvalue weighted by atomic mass is 9.96. The van der Waals surface area contributed by atoms with Gasteiger partial charge in [0.1, 0.15) is 0 Å². The first-order chi connectivity index (χ1) is 12.9. The molecule has 0 atom stereocenters. The number of likely N-dealkylation sites (tertiary alicyclic amines) is 1. The smallest absolute Gasteiger partial charge is 0.225 e. The van der Waals surface area contributed by atoms with Gasteiger partial charge in [-0.1, -0.05) is 41.9 Å². The first-order valence-corrected chi connectivity index (χ1v) is 10.7. The molecule has 1 heterocycles. The number of nitrogens with one attached hydrogen (secondary N) is 2. The van der Waals surface area contributed by atoms with Crippen LogP contribution in [0.5, 0.6) is 0 Å². The molecule has 1 aromatic carbocycles. The second kappa shape index (κ2) is 10.3. The number of hydrogen-bond acceptors (Lipinski definition) is 2. The van der Waals surface area contributed by atoms with Crippen molar-refractivity contribution in [2.24, 2.45) is 10.9 Å². The van der Waals surface area contributed by atoms with Crippen LogP contribution in [0.1, 0.15) is 45.1 Å². The number of aliphatic imine (C=N–C) groups is 1. The molecule has 0 bridgehead atoms. The van der Waals surface area contributed by atoms with E-state index in [9.17, 15) is 4.79 Å². The van der Waals surface area contributed by atoms with Gasteiger partial charge in [0.2, 0.25) is 5.91 Å². The molecule has 28 heavy (non-hydrogen) atoms. The van der Waals surface area contributed by atoms with E-state index >= 15 is 0 Å². The summed E-state index contributed by atoms with van der Waals surface area (Å²) in [5.41, 5.74) is 1.62. The molecule has 1 saturated heterocycles. The van der Waals surface area contributed by atoms with Crippen LogP contribution in [0, 0.1) is 5.92 Å². The number of guanidine groups is 1. The average molecular weight is 563 g/mol. The Morgan fingerprint density at radius 1 is 1.32 bits per heavy atom. The maximum atomic E-state index is 12.1. The Morgan fingerprint density at radius 3 is 2.54 bits per heavy atom. The molecule has 1 amide bonds. The van der Waals surface area contributed by atoms with Gasteiger partial charge in [0, 0.05) is 48.5 Å². The first kappa shape index (κ1) is 23.4. The van der Waals surface area contributed by atoms with Crippen LogP contribution in [-0.4, -0.2) is 49.5 Å². The fourth-order valence-corrected chi connectivity index (χ4v) is 4.19. The van der Waals surface area contributed by atoms with E-state index in [0.29, 0.717) is 6.04 Å².